The Morgan fingerprint density at radius 3 is 2.74 bits per heavy atom. The van der Waals surface area contributed by atoms with Crippen LogP contribution < -0.4 is 11.1 Å². The van der Waals surface area contributed by atoms with E-state index >= 15 is 0 Å². The number of carboxylic acids is 2. The summed E-state index contributed by atoms with van der Waals surface area (Å²) in [5.74, 6) is -8.06. The lowest BCUT2D eigenvalue weighted by molar-refractivity contribution is -0.216. The van der Waals surface area contributed by atoms with Gasteiger partial charge in [-0.2, -0.15) is 4.39 Å². The summed E-state index contributed by atoms with van der Waals surface area (Å²) < 4.78 is 31.1. The molecule has 0 aromatic carbocycles. The average molecular weight is 519 g/mol. The van der Waals surface area contributed by atoms with Gasteiger partial charge in [-0.25, -0.2) is 14.6 Å². The number of ether oxygens (including phenoxy) is 1. The molecule has 15 nitrogen and oxygen atoms in total. The highest BCUT2D eigenvalue weighted by Gasteiger charge is 2.73. The lowest BCUT2D eigenvalue weighted by atomic mass is 9.89. The number of nitrogens with two attached hydrogens (primary N) is 1. The maximum atomic E-state index is 13.3. The van der Waals surface area contributed by atoms with Gasteiger partial charge in [0.25, 0.3) is 17.5 Å². The normalized spacial score (nSPS) is 31.0. The summed E-state index contributed by atoms with van der Waals surface area (Å²) in [6, 6.07) is -1.52. The summed E-state index contributed by atoms with van der Waals surface area (Å²) in [6.07, 6.45) is -3.27. The van der Waals surface area contributed by atoms with Crippen molar-refractivity contribution < 1.29 is 52.4 Å². The highest BCUT2D eigenvalue weighted by Crippen LogP contribution is 2.47. The van der Waals surface area contributed by atoms with Crippen LogP contribution in [0.2, 0.25) is 0 Å². The molecule has 18 heteroatoms. The van der Waals surface area contributed by atoms with Crippen LogP contribution in [0.15, 0.2) is 10.5 Å². The van der Waals surface area contributed by atoms with Crippen LogP contribution in [0.25, 0.3) is 0 Å². The van der Waals surface area contributed by atoms with Crippen molar-refractivity contribution in [3.63, 3.8) is 0 Å². The Kier molecular flexibility index (Phi) is 5.72. The molecule has 0 aliphatic carbocycles. The smallest absolute Gasteiger partial charge is 0.381 e. The zero-order chi connectivity index (χ0) is 24.9. The van der Waals surface area contributed by atoms with Gasteiger partial charge in [-0.15, -0.1) is 11.3 Å². The number of nitrogens with zero attached hydrogens (tertiary/aromatic N) is 3. The van der Waals surface area contributed by atoms with E-state index in [-0.39, 0.29) is 23.0 Å². The molecule has 5 N–H and O–H groups in total. The molecular formula is C16H14FN5O10S2. The first-order chi connectivity index (χ1) is 16.0. The van der Waals surface area contributed by atoms with Crippen LogP contribution in [0.5, 0.6) is 0 Å². The molecule has 1 aromatic rings. The van der Waals surface area contributed by atoms with Crippen molar-refractivity contribution >= 4 is 62.7 Å². The first kappa shape index (κ1) is 23.5. The molecule has 3 fully saturated rings. The molecule has 3 aliphatic heterocycles. The number of halogens is 1. The molecule has 0 saturated carbocycles. The van der Waals surface area contributed by atoms with Crippen molar-refractivity contribution in [3.05, 3.63) is 11.1 Å². The number of carboxylic acid groups (broad SMARTS) is 2. The molecule has 0 bridgehead atoms. The van der Waals surface area contributed by atoms with Crippen LogP contribution in [0, 0.1) is 5.92 Å². The second-order valence-electron chi connectivity index (χ2n) is 7.24. The Morgan fingerprint density at radius 1 is 1.44 bits per heavy atom. The summed E-state index contributed by atoms with van der Waals surface area (Å²) >= 11 is 0.864. The molecule has 3 aliphatic rings. The van der Waals surface area contributed by atoms with Crippen LogP contribution >= 0.6 is 11.3 Å². The number of fused-ring (bicyclic) bond motifs is 3. The summed E-state index contributed by atoms with van der Waals surface area (Å²) in [4.78, 5) is 68.6. The average Bonchev–Trinajstić information content (AvgIpc) is 3.33. The predicted molar refractivity (Wildman–Crippen MR) is 107 cm³/mol. The summed E-state index contributed by atoms with van der Waals surface area (Å²) in [7, 11) is -1.88. The number of hydrogen-bond donors (Lipinski definition) is 4. The minimum atomic E-state index is -2.92. The van der Waals surface area contributed by atoms with Crippen LogP contribution in [0.3, 0.4) is 0 Å². The Bertz CT molecular complexity index is 1170. The number of aromatic nitrogens is 1. The fourth-order valence-corrected chi connectivity index (χ4v) is 6.32. The third-order valence-corrected chi connectivity index (χ3v) is 7.70. The van der Waals surface area contributed by atoms with E-state index < -0.39 is 75.6 Å². The number of aliphatic carboxylic acids is 2. The lowest BCUT2D eigenvalue weighted by Gasteiger charge is -2.56. The van der Waals surface area contributed by atoms with Gasteiger partial charge in [0.15, 0.2) is 10.8 Å². The second-order valence-corrected chi connectivity index (χ2v) is 9.71. The number of nitrogens with one attached hydrogen (secondary N) is 1. The first-order valence-corrected chi connectivity index (χ1v) is 11.5. The van der Waals surface area contributed by atoms with Crippen molar-refractivity contribution in [2.45, 2.75) is 29.9 Å². The highest BCUT2D eigenvalue weighted by molar-refractivity contribution is 7.85. The molecule has 4 heterocycles. The number of rotatable bonds is 7. The van der Waals surface area contributed by atoms with Gasteiger partial charge < -0.3 is 30.8 Å². The zero-order valence-electron chi connectivity index (χ0n) is 16.6. The first-order valence-electron chi connectivity index (χ1n) is 9.26. The largest absolute Gasteiger partial charge is 0.477 e. The molecule has 1 aromatic heterocycles. The number of alkyl halides is 1. The van der Waals surface area contributed by atoms with Crippen molar-refractivity contribution in [3.8, 4) is 0 Å². The van der Waals surface area contributed by atoms with Crippen molar-refractivity contribution in [2.75, 3.05) is 11.5 Å². The van der Waals surface area contributed by atoms with Gasteiger partial charge in [0.2, 0.25) is 0 Å². The minimum Gasteiger partial charge on any atom is -0.477 e. The van der Waals surface area contributed by atoms with E-state index in [1.807, 2.05) is 0 Å². The van der Waals surface area contributed by atoms with Gasteiger partial charge in [0, 0.05) is 21.9 Å². The van der Waals surface area contributed by atoms with E-state index in [1.54, 1.807) is 0 Å². The number of esters is 1. The summed E-state index contributed by atoms with van der Waals surface area (Å²) in [5, 5.41) is 23.5. The number of nitrogen functional groups attached to an aromatic ring is 1. The van der Waals surface area contributed by atoms with Crippen molar-refractivity contribution in [2.24, 2.45) is 11.1 Å². The van der Waals surface area contributed by atoms with E-state index in [9.17, 15) is 37.7 Å². The molecule has 1 unspecified atom stereocenters. The third kappa shape index (κ3) is 3.54. The number of thiazole rings is 1. The molecule has 2 amide bonds. The van der Waals surface area contributed by atoms with Crippen LogP contribution in [-0.4, -0.2) is 89.0 Å². The SMILES string of the molecule is Nc1nc(/C(=N/OC(F)C(=O)O)C(=O)N[C@@H]2C(=O)N3[C@@H]2[S@@](=O)C[C@@H]2CC(=O)O[C@@]23C(=O)O)cs1. The molecular weight excluding hydrogens is 505 g/mol. The Hall–Kier alpha value is -3.67. The Balaban J connectivity index is 1.60. The molecule has 4 rings (SSSR count). The van der Waals surface area contributed by atoms with Gasteiger partial charge in [0.05, 0.1) is 12.3 Å². The maximum Gasteiger partial charge on any atom is 0.381 e. The van der Waals surface area contributed by atoms with Crippen LogP contribution in [0.1, 0.15) is 12.1 Å². The molecule has 0 radical (unpaired) electrons. The van der Waals surface area contributed by atoms with Gasteiger partial charge in [0.1, 0.15) is 17.1 Å². The van der Waals surface area contributed by atoms with Crippen molar-refractivity contribution in [1.82, 2.24) is 15.2 Å². The third-order valence-electron chi connectivity index (χ3n) is 5.28. The van der Waals surface area contributed by atoms with E-state index in [4.69, 9.17) is 15.6 Å². The van der Waals surface area contributed by atoms with Crippen molar-refractivity contribution in [1.29, 1.82) is 0 Å². The van der Waals surface area contributed by atoms with Crippen LogP contribution in [-0.2, 0) is 44.3 Å². The van der Waals surface area contributed by atoms with E-state index in [0.29, 0.717) is 4.90 Å². The quantitative estimate of drug-likeness (QED) is 0.128. The fourth-order valence-electron chi connectivity index (χ4n) is 3.85. The predicted octanol–water partition coefficient (Wildman–Crippen LogP) is -2.41. The number of carbonyl (C=O) groups excluding carboxylic acids is 3. The number of amides is 2. The number of oxime groups is 1. The zero-order valence-corrected chi connectivity index (χ0v) is 18.2. The molecule has 6 atom stereocenters. The van der Waals surface area contributed by atoms with E-state index in [2.05, 4.69) is 20.3 Å². The maximum absolute atomic E-state index is 13.3. The molecule has 34 heavy (non-hydrogen) atoms. The minimum absolute atomic E-state index is 0.0256. The number of anilines is 1. The standard InChI is InChI=1S/C16H14FN5O10S2/c17-9(13(26)27)32-21-7(5-2-33-15(18)19-5)10(24)20-8-11(25)22-12(8)34(30)3-4-1-6(23)31-16(4,22)14(28)29/h2,4,8-9,12H,1,3H2,(H2,18,19)(H,20,24)(H,26,27)(H,28,29)/b21-7-/t4-,8+,9?,12+,16+,34-/m0/s1. The van der Waals surface area contributed by atoms with Gasteiger partial charge in [-0.05, 0) is 0 Å². The summed E-state index contributed by atoms with van der Waals surface area (Å²) in [5.41, 5.74) is 2.17. The fraction of sp³-hybridized carbons (Fsp3) is 0.438. The number of β-lactam (4-membered cyclic amide) rings is 1. The lowest BCUT2D eigenvalue weighted by Crippen LogP contribution is -2.83. The molecule has 182 valence electrons. The monoisotopic (exact) mass is 519 g/mol. The molecule has 0 spiro atoms. The topological polar surface area (TPSA) is 228 Å². The van der Waals surface area contributed by atoms with E-state index in [1.165, 1.54) is 5.38 Å². The van der Waals surface area contributed by atoms with E-state index in [0.717, 1.165) is 11.3 Å². The summed E-state index contributed by atoms with van der Waals surface area (Å²) in [6.45, 7) is 0. The molecule has 3 saturated heterocycles. The number of hydrogen-bond acceptors (Lipinski definition) is 12. The van der Waals surface area contributed by atoms with Crippen LogP contribution in [0.4, 0.5) is 9.52 Å². The second kappa shape index (κ2) is 8.28. The van der Waals surface area contributed by atoms with Gasteiger partial charge >= 0.3 is 24.3 Å². The highest BCUT2D eigenvalue weighted by atomic mass is 32.2. The number of carbonyl (C=O) groups is 5. The Morgan fingerprint density at radius 2 is 2.15 bits per heavy atom. The Labute approximate surface area is 194 Å². The van der Waals surface area contributed by atoms with Gasteiger partial charge in [-0.1, -0.05) is 5.16 Å². The van der Waals surface area contributed by atoms with Gasteiger partial charge in [-0.3, -0.25) is 23.5 Å².